The smallest absolute Gasteiger partial charge is 0.426 e. The Hall–Kier alpha value is -2.65. The summed E-state index contributed by atoms with van der Waals surface area (Å²) in [5.41, 5.74) is -3.03. The predicted octanol–water partition coefficient (Wildman–Crippen LogP) is 6.43. The molecule has 2 fully saturated rings. The minimum absolute atomic E-state index is 0.0574. The van der Waals surface area contributed by atoms with Crippen molar-refractivity contribution in [2.75, 3.05) is 6.54 Å². The molecule has 10 heteroatoms. The number of aliphatic hydroxyl groups is 1. The number of hydrogen-bond acceptors (Lipinski definition) is 3. The maximum absolute atomic E-state index is 14.9. The van der Waals surface area contributed by atoms with E-state index in [4.69, 9.17) is 11.6 Å². The van der Waals surface area contributed by atoms with E-state index in [0.717, 1.165) is 16.7 Å². The average molecular weight is 596 g/mol. The molecule has 1 saturated carbocycles. The number of carboxylic acids is 1. The van der Waals surface area contributed by atoms with Gasteiger partial charge in [0.15, 0.2) is 0 Å². The predicted molar refractivity (Wildman–Crippen MR) is 146 cm³/mol. The van der Waals surface area contributed by atoms with Gasteiger partial charge < -0.3 is 15.1 Å². The number of halogens is 5. The van der Waals surface area contributed by atoms with Crippen molar-refractivity contribution >= 4 is 23.5 Å². The number of aryl methyl sites for hydroxylation is 2. The number of carboxylic acid groups (broad SMARTS) is 1. The van der Waals surface area contributed by atoms with Crippen LogP contribution in [0.1, 0.15) is 73.3 Å². The summed E-state index contributed by atoms with van der Waals surface area (Å²) < 4.78 is 55.5. The van der Waals surface area contributed by atoms with Crippen molar-refractivity contribution in [2.45, 2.75) is 94.1 Å². The second kappa shape index (κ2) is 10.3. The van der Waals surface area contributed by atoms with Crippen molar-refractivity contribution in [1.82, 2.24) is 4.90 Å². The third-order valence-corrected chi connectivity index (χ3v) is 10.2. The lowest BCUT2D eigenvalue weighted by Crippen LogP contribution is -2.56. The first-order chi connectivity index (χ1) is 19.1. The van der Waals surface area contributed by atoms with E-state index < -0.39 is 46.2 Å². The molecular weight excluding hydrogens is 562 g/mol. The fourth-order valence-corrected chi connectivity index (χ4v) is 7.39. The molecule has 5 rings (SSSR count). The van der Waals surface area contributed by atoms with E-state index in [-0.39, 0.29) is 31.7 Å². The summed E-state index contributed by atoms with van der Waals surface area (Å²) in [7, 11) is 0. The van der Waals surface area contributed by atoms with Crippen LogP contribution < -0.4 is 0 Å². The molecule has 0 aromatic heterocycles. The van der Waals surface area contributed by atoms with Gasteiger partial charge in [0.1, 0.15) is 5.60 Å². The van der Waals surface area contributed by atoms with Crippen molar-refractivity contribution in [3.8, 4) is 0 Å². The first-order valence-electron chi connectivity index (χ1n) is 14.0. The van der Waals surface area contributed by atoms with Crippen LogP contribution in [0.4, 0.5) is 17.6 Å². The van der Waals surface area contributed by atoms with Crippen LogP contribution in [0.5, 0.6) is 0 Å². The summed E-state index contributed by atoms with van der Waals surface area (Å²) in [6, 6.07) is 9.42. The van der Waals surface area contributed by atoms with Gasteiger partial charge in [-0.1, -0.05) is 41.9 Å². The zero-order valence-electron chi connectivity index (χ0n) is 23.0. The molecule has 1 saturated heterocycles. The Morgan fingerprint density at radius 3 is 2.34 bits per heavy atom. The van der Waals surface area contributed by atoms with E-state index in [0.29, 0.717) is 49.7 Å². The number of rotatable bonds is 5. The lowest BCUT2D eigenvalue weighted by Gasteiger charge is -2.46. The van der Waals surface area contributed by atoms with Crippen molar-refractivity contribution in [3.05, 3.63) is 69.2 Å². The standard InChI is InChI=1S/C31H34ClF4NO4/c1-18-15-19(3-7-24(18)32)17-29-13-14-37(27(40)30(41)11-9-20(10-12-30)26(38)39)25(29)8-4-21-16-22(5-6-23(21)29)28(2,33)31(34,35)36/h3,5-7,15-16,20,25,41H,4,8-14,17H2,1-2H3,(H,38,39)/t20-,25?,28?,29?,30+. The van der Waals surface area contributed by atoms with Gasteiger partial charge in [-0.15, -0.1) is 0 Å². The van der Waals surface area contributed by atoms with Crippen LogP contribution in [0.3, 0.4) is 0 Å². The van der Waals surface area contributed by atoms with Gasteiger partial charge in [0.25, 0.3) is 5.91 Å². The van der Waals surface area contributed by atoms with Gasteiger partial charge in [-0.05, 0) is 99.1 Å². The molecular formula is C31H34ClF4NO4. The summed E-state index contributed by atoms with van der Waals surface area (Å²) in [5, 5.41) is 21.3. The minimum atomic E-state index is -5.07. The Morgan fingerprint density at radius 1 is 1.05 bits per heavy atom. The lowest BCUT2D eigenvalue weighted by atomic mass is 9.63. The summed E-state index contributed by atoms with van der Waals surface area (Å²) >= 11 is 6.26. The van der Waals surface area contributed by atoms with E-state index in [1.54, 1.807) is 17.0 Å². The zero-order valence-corrected chi connectivity index (χ0v) is 23.8. The first-order valence-corrected chi connectivity index (χ1v) is 14.4. The fourth-order valence-electron chi connectivity index (χ4n) is 7.27. The highest BCUT2D eigenvalue weighted by molar-refractivity contribution is 6.31. The summed E-state index contributed by atoms with van der Waals surface area (Å²) in [5.74, 6) is -1.95. The van der Waals surface area contributed by atoms with Gasteiger partial charge in [-0.2, -0.15) is 13.2 Å². The summed E-state index contributed by atoms with van der Waals surface area (Å²) in [6.45, 7) is 2.75. The van der Waals surface area contributed by atoms with Gasteiger partial charge in [-0.3, -0.25) is 9.59 Å². The molecule has 0 spiro atoms. The van der Waals surface area contributed by atoms with Gasteiger partial charge in [0, 0.05) is 23.0 Å². The Labute approximate surface area is 241 Å². The van der Waals surface area contributed by atoms with E-state index >= 15 is 0 Å². The molecule has 3 atom stereocenters. The van der Waals surface area contributed by atoms with Crippen LogP contribution >= 0.6 is 11.6 Å². The molecule has 1 amide bonds. The first kappa shape index (κ1) is 29.8. The van der Waals surface area contributed by atoms with Crippen molar-refractivity contribution in [3.63, 3.8) is 0 Å². The van der Waals surface area contributed by atoms with Gasteiger partial charge in [0.05, 0.1) is 5.92 Å². The Morgan fingerprint density at radius 2 is 1.73 bits per heavy atom. The molecule has 41 heavy (non-hydrogen) atoms. The molecule has 2 aromatic rings. The van der Waals surface area contributed by atoms with E-state index in [1.165, 1.54) is 12.1 Å². The molecule has 5 nitrogen and oxygen atoms in total. The molecule has 3 unspecified atom stereocenters. The highest BCUT2D eigenvalue weighted by Crippen LogP contribution is 2.52. The lowest BCUT2D eigenvalue weighted by molar-refractivity contribution is -0.228. The van der Waals surface area contributed by atoms with E-state index in [2.05, 4.69) is 0 Å². The van der Waals surface area contributed by atoms with Crippen LogP contribution in [0.15, 0.2) is 36.4 Å². The van der Waals surface area contributed by atoms with Crippen LogP contribution in [0.2, 0.25) is 5.02 Å². The van der Waals surface area contributed by atoms with Gasteiger partial charge >= 0.3 is 12.1 Å². The third-order valence-electron chi connectivity index (χ3n) is 9.78. The largest absolute Gasteiger partial charge is 0.481 e. The van der Waals surface area contributed by atoms with E-state index in [1.807, 2.05) is 19.1 Å². The van der Waals surface area contributed by atoms with Crippen LogP contribution in [-0.4, -0.2) is 51.4 Å². The number of nitrogens with zero attached hydrogens (tertiary/aromatic N) is 1. The van der Waals surface area contributed by atoms with E-state index in [9.17, 15) is 37.4 Å². The fraction of sp³-hybridized carbons (Fsp3) is 0.548. The molecule has 2 aliphatic carbocycles. The average Bonchev–Trinajstić information content (AvgIpc) is 3.28. The molecule has 0 radical (unpaired) electrons. The Kier molecular flexibility index (Phi) is 7.47. The summed E-state index contributed by atoms with van der Waals surface area (Å²) in [4.78, 5) is 27.0. The van der Waals surface area contributed by atoms with Crippen molar-refractivity contribution < 1.29 is 37.4 Å². The number of aliphatic carboxylic acids is 1. The topological polar surface area (TPSA) is 77.8 Å². The second-order valence-electron chi connectivity index (χ2n) is 12.2. The number of likely N-dealkylation sites (tertiary alicyclic amines) is 1. The number of carbonyl (C=O) groups excluding carboxylic acids is 1. The highest BCUT2D eigenvalue weighted by atomic mass is 35.5. The SMILES string of the molecule is Cc1cc(CC23CCN(C(=O)[C@]4(O)CC[C@@H](C(=O)O)CC4)C2CCc2cc(C(C)(F)C(F)(F)F)ccc23)ccc1Cl. The van der Waals surface area contributed by atoms with Gasteiger partial charge in [0.2, 0.25) is 5.67 Å². The molecule has 1 aliphatic heterocycles. The molecule has 2 N–H and O–H groups in total. The number of carbonyl (C=O) groups is 2. The second-order valence-corrected chi connectivity index (χ2v) is 12.6. The number of benzene rings is 2. The number of amides is 1. The minimum Gasteiger partial charge on any atom is -0.481 e. The zero-order chi connectivity index (χ0) is 30.0. The van der Waals surface area contributed by atoms with Crippen LogP contribution in [-0.2, 0) is 33.5 Å². The van der Waals surface area contributed by atoms with Crippen molar-refractivity contribution in [2.24, 2.45) is 5.92 Å². The quantitative estimate of drug-likeness (QED) is 0.391. The number of alkyl halides is 4. The van der Waals surface area contributed by atoms with Crippen LogP contribution in [0, 0.1) is 12.8 Å². The maximum Gasteiger partial charge on any atom is 0.426 e. The molecule has 3 aliphatic rings. The number of fused-ring (bicyclic) bond motifs is 3. The maximum atomic E-state index is 14.9. The molecule has 222 valence electrons. The third kappa shape index (κ3) is 5.03. The molecule has 1 heterocycles. The van der Waals surface area contributed by atoms with Crippen molar-refractivity contribution in [1.29, 1.82) is 0 Å². The van der Waals surface area contributed by atoms with Crippen LogP contribution in [0.25, 0.3) is 0 Å². The Bertz CT molecular complexity index is 1370. The van der Waals surface area contributed by atoms with Gasteiger partial charge in [-0.25, -0.2) is 4.39 Å². The monoisotopic (exact) mass is 595 g/mol. The normalized spacial score (nSPS) is 29.4. The Balaban J connectivity index is 1.53. The highest BCUT2D eigenvalue weighted by Gasteiger charge is 2.57. The molecule has 2 aromatic carbocycles. The molecule has 0 bridgehead atoms. The summed E-state index contributed by atoms with van der Waals surface area (Å²) in [6.07, 6.45) is -2.75. The number of hydrogen-bond donors (Lipinski definition) is 2.